The van der Waals surface area contributed by atoms with Crippen molar-refractivity contribution in [1.82, 2.24) is 9.97 Å². The second kappa shape index (κ2) is 5.07. The minimum Gasteiger partial charge on any atom is -0.481 e. The molecule has 0 saturated carbocycles. The summed E-state index contributed by atoms with van der Waals surface area (Å²) in [7, 11) is 1.58. The Morgan fingerprint density at radius 3 is 2.67 bits per heavy atom. The second-order valence-electron chi connectivity index (χ2n) is 3.66. The highest BCUT2D eigenvalue weighted by Crippen LogP contribution is 2.26. The number of aliphatic hydroxyl groups excluding tert-OH is 1. The van der Waals surface area contributed by atoms with E-state index < -0.39 is 0 Å². The van der Waals surface area contributed by atoms with Crippen LogP contribution in [0.5, 0.6) is 5.88 Å². The third-order valence-electron chi connectivity index (χ3n) is 2.70. The Labute approximate surface area is 90.3 Å². The summed E-state index contributed by atoms with van der Waals surface area (Å²) in [6, 6.07) is 0. The summed E-state index contributed by atoms with van der Waals surface area (Å²) in [5.74, 6) is 0.585. The Kier molecular flexibility index (Phi) is 4.03. The number of nitrogens with zero attached hydrogens (tertiary/aromatic N) is 2. The van der Waals surface area contributed by atoms with Crippen LogP contribution in [0, 0.1) is 6.92 Å². The van der Waals surface area contributed by atoms with Gasteiger partial charge in [0.25, 0.3) is 0 Å². The number of aliphatic hydroxyl groups is 1. The molecular formula is C11H18N2O2. The van der Waals surface area contributed by atoms with Crippen molar-refractivity contribution in [2.45, 2.75) is 39.2 Å². The molecule has 4 heteroatoms. The Morgan fingerprint density at radius 2 is 2.13 bits per heavy atom. The fourth-order valence-electron chi connectivity index (χ4n) is 1.65. The number of ether oxygens (including phenoxy) is 1. The first-order valence-electron chi connectivity index (χ1n) is 5.15. The van der Waals surface area contributed by atoms with E-state index in [1.165, 1.54) is 6.33 Å². The zero-order valence-corrected chi connectivity index (χ0v) is 9.69. The molecule has 0 aliphatic rings. The lowest BCUT2D eigenvalue weighted by atomic mass is 9.96. The maximum absolute atomic E-state index is 9.77. The van der Waals surface area contributed by atoms with Crippen LogP contribution in [0.15, 0.2) is 6.33 Å². The molecule has 0 radical (unpaired) electrons. The van der Waals surface area contributed by atoms with Gasteiger partial charge in [0, 0.05) is 11.5 Å². The average Bonchev–Trinajstić information content (AvgIpc) is 2.27. The summed E-state index contributed by atoms with van der Waals surface area (Å²) < 4.78 is 5.12. The van der Waals surface area contributed by atoms with Crippen LogP contribution in [0.3, 0.4) is 0 Å². The minimum absolute atomic E-state index is 0.00639. The van der Waals surface area contributed by atoms with Crippen molar-refractivity contribution in [3.05, 3.63) is 17.6 Å². The number of rotatable bonds is 4. The second-order valence-corrected chi connectivity index (χ2v) is 3.66. The van der Waals surface area contributed by atoms with Gasteiger partial charge in [0.15, 0.2) is 0 Å². The predicted molar refractivity (Wildman–Crippen MR) is 58.0 cm³/mol. The first kappa shape index (κ1) is 11.9. The molecule has 0 saturated heterocycles. The van der Waals surface area contributed by atoms with Crippen LogP contribution in [0.25, 0.3) is 0 Å². The summed E-state index contributed by atoms with van der Waals surface area (Å²) >= 11 is 0. The molecule has 1 aromatic rings. The first-order valence-corrected chi connectivity index (χ1v) is 5.15. The van der Waals surface area contributed by atoms with Gasteiger partial charge in [-0.3, -0.25) is 0 Å². The zero-order valence-electron chi connectivity index (χ0n) is 9.69. The minimum atomic E-state index is -0.372. The topological polar surface area (TPSA) is 55.2 Å². The molecule has 0 aliphatic heterocycles. The highest BCUT2D eigenvalue weighted by atomic mass is 16.5. The SMILES string of the molecule is CCC(O)C(C)c1ncnc(OC)c1C. The van der Waals surface area contributed by atoms with Crippen LogP contribution in [0.4, 0.5) is 0 Å². The molecular weight excluding hydrogens is 192 g/mol. The third kappa shape index (κ3) is 2.45. The summed E-state index contributed by atoms with van der Waals surface area (Å²) in [6.45, 7) is 5.82. The summed E-state index contributed by atoms with van der Waals surface area (Å²) in [4.78, 5) is 8.21. The van der Waals surface area contributed by atoms with Gasteiger partial charge in [-0.15, -0.1) is 0 Å². The van der Waals surface area contributed by atoms with E-state index in [1.54, 1.807) is 7.11 Å². The molecule has 0 spiro atoms. The predicted octanol–water partition coefficient (Wildman–Crippen LogP) is 1.67. The Balaban J connectivity index is 3.03. The van der Waals surface area contributed by atoms with Gasteiger partial charge in [-0.25, -0.2) is 9.97 Å². The largest absolute Gasteiger partial charge is 0.481 e. The molecule has 0 aromatic carbocycles. The third-order valence-corrected chi connectivity index (χ3v) is 2.70. The van der Waals surface area contributed by atoms with E-state index in [0.717, 1.165) is 11.3 Å². The zero-order chi connectivity index (χ0) is 11.4. The molecule has 15 heavy (non-hydrogen) atoms. The standard InChI is InChI=1S/C11H18N2O2/c1-5-9(14)7(2)10-8(3)11(15-4)13-6-12-10/h6-7,9,14H,5H2,1-4H3. The van der Waals surface area contributed by atoms with E-state index in [-0.39, 0.29) is 12.0 Å². The molecule has 0 bridgehead atoms. The van der Waals surface area contributed by atoms with Gasteiger partial charge in [0.1, 0.15) is 6.33 Å². The van der Waals surface area contributed by atoms with Gasteiger partial charge in [-0.05, 0) is 13.3 Å². The monoisotopic (exact) mass is 210 g/mol. The lowest BCUT2D eigenvalue weighted by molar-refractivity contribution is 0.143. The van der Waals surface area contributed by atoms with Crippen LogP contribution in [0.2, 0.25) is 0 Å². The van der Waals surface area contributed by atoms with E-state index >= 15 is 0 Å². The van der Waals surface area contributed by atoms with Crippen molar-refractivity contribution < 1.29 is 9.84 Å². The van der Waals surface area contributed by atoms with E-state index in [1.807, 2.05) is 20.8 Å². The van der Waals surface area contributed by atoms with Gasteiger partial charge in [-0.1, -0.05) is 13.8 Å². The maximum Gasteiger partial charge on any atom is 0.219 e. The van der Waals surface area contributed by atoms with E-state index in [0.29, 0.717) is 12.3 Å². The summed E-state index contributed by atoms with van der Waals surface area (Å²) in [5.41, 5.74) is 1.76. The Morgan fingerprint density at radius 1 is 1.47 bits per heavy atom. The van der Waals surface area contributed by atoms with Gasteiger partial charge in [-0.2, -0.15) is 0 Å². The molecule has 1 N–H and O–H groups in total. The number of hydrogen-bond donors (Lipinski definition) is 1. The normalized spacial score (nSPS) is 14.7. The number of aromatic nitrogens is 2. The van der Waals surface area contributed by atoms with Gasteiger partial charge in [0.05, 0.1) is 18.9 Å². The molecule has 1 heterocycles. The van der Waals surface area contributed by atoms with Gasteiger partial charge >= 0.3 is 0 Å². The molecule has 0 fully saturated rings. The molecule has 84 valence electrons. The molecule has 2 atom stereocenters. The Hall–Kier alpha value is -1.16. The maximum atomic E-state index is 9.77. The van der Waals surface area contributed by atoms with Crippen molar-refractivity contribution in [2.24, 2.45) is 0 Å². The molecule has 1 aromatic heterocycles. The number of hydrogen-bond acceptors (Lipinski definition) is 4. The lowest BCUT2D eigenvalue weighted by Crippen LogP contribution is -2.17. The van der Waals surface area contributed by atoms with Crippen LogP contribution in [0.1, 0.15) is 37.4 Å². The highest BCUT2D eigenvalue weighted by molar-refractivity contribution is 5.30. The van der Waals surface area contributed by atoms with E-state index in [4.69, 9.17) is 4.74 Å². The summed E-state index contributed by atoms with van der Waals surface area (Å²) in [6.07, 6.45) is 1.82. The van der Waals surface area contributed by atoms with Crippen molar-refractivity contribution in [1.29, 1.82) is 0 Å². The lowest BCUT2D eigenvalue weighted by Gasteiger charge is -2.19. The van der Waals surface area contributed by atoms with E-state index in [2.05, 4.69) is 9.97 Å². The fourth-order valence-corrected chi connectivity index (χ4v) is 1.65. The van der Waals surface area contributed by atoms with Crippen molar-refractivity contribution >= 4 is 0 Å². The van der Waals surface area contributed by atoms with Crippen molar-refractivity contribution in [2.75, 3.05) is 7.11 Å². The molecule has 1 rings (SSSR count). The van der Waals surface area contributed by atoms with Crippen LogP contribution in [-0.2, 0) is 0 Å². The smallest absolute Gasteiger partial charge is 0.219 e. The van der Waals surface area contributed by atoms with Crippen LogP contribution < -0.4 is 4.74 Å². The summed E-state index contributed by atoms with van der Waals surface area (Å²) in [5, 5.41) is 9.77. The molecule has 2 unspecified atom stereocenters. The quantitative estimate of drug-likeness (QED) is 0.821. The molecule has 4 nitrogen and oxygen atoms in total. The fraction of sp³-hybridized carbons (Fsp3) is 0.636. The van der Waals surface area contributed by atoms with Gasteiger partial charge < -0.3 is 9.84 Å². The average molecular weight is 210 g/mol. The van der Waals surface area contributed by atoms with E-state index in [9.17, 15) is 5.11 Å². The van der Waals surface area contributed by atoms with Crippen molar-refractivity contribution in [3.8, 4) is 5.88 Å². The van der Waals surface area contributed by atoms with Crippen LogP contribution >= 0.6 is 0 Å². The highest BCUT2D eigenvalue weighted by Gasteiger charge is 2.19. The molecule has 0 aliphatic carbocycles. The first-order chi connectivity index (χ1) is 7.11. The Bertz CT molecular complexity index is 328. The number of methoxy groups -OCH3 is 1. The van der Waals surface area contributed by atoms with Crippen LogP contribution in [-0.4, -0.2) is 28.3 Å². The molecule has 0 amide bonds. The van der Waals surface area contributed by atoms with Gasteiger partial charge in [0.2, 0.25) is 5.88 Å². The van der Waals surface area contributed by atoms with Crippen molar-refractivity contribution in [3.63, 3.8) is 0 Å².